The van der Waals surface area contributed by atoms with Crippen molar-refractivity contribution in [3.63, 3.8) is 0 Å². The molecule has 1 aliphatic rings. The van der Waals surface area contributed by atoms with Crippen LogP contribution in [0.5, 0.6) is 0 Å². The molecule has 1 aliphatic heterocycles. The Balaban J connectivity index is 1.48. The highest BCUT2D eigenvalue weighted by atomic mass is 16.2. The largest absolute Gasteiger partial charge is 0.326 e. The van der Waals surface area contributed by atoms with E-state index in [1.54, 1.807) is 0 Å². The van der Waals surface area contributed by atoms with Crippen LogP contribution in [0.2, 0.25) is 0 Å². The summed E-state index contributed by atoms with van der Waals surface area (Å²) in [7, 11) is 0. The third kappa shape index (κ3) is 4.97. The molecule has 6 heteroatoms. The summed E-state index contributed by atoms with van der Waals surface area (Å²) in [4.78, 5) is 38.1. The van der Waals surface area contributed by atoms with Crippen molar-refractivity contribution in [2.75, 3.05) is 11.9 Å². The van der Waals surface area contributed by atoms with Gasteiger partial charge < -0.3 is 10.6 Å². The quantitative estimate of drug-likeness (QED) is 0.692. The van der Waals surface area contributed by atoms with Gasteiger partial charge in [0.05, 0.1) is 0 Å². The highest BCUT2D eigenvalue weighted by Gasteiger charge is 2.37. The second-order valence-electron chi connectivity index (χ2n) is 6.87. The summed E-state index contributed by atoms with van der Waals surface area (Å²) in [6.45, 7) is 2.39. The predicted octanol–water partition coefficient (Wildman–Crippen LogP) is 3.13. The average molecular weight is 379 g/mol. The summed E-state index contributed by atoms with van der Waals surface area (Å²) in [6, 6.07) is 16.4. The molecule has 1 atom stereocenters. The van der Waals surface area contributed by atoms with Gasteiger partial charge in [-0.1, -0.05) is 49.4 Å². The van der Waals surface area contributed by atoms with Gasteiger partial charge in [-0.25, -0.2) is 4.79 Å². The predicted molar refractivity (Wildman–Crippen MR) is 108 cm³/mol. The van der Waals surface area contributed by atoms with Crippen LogP contribution in [0.4, 0.5) is 10.5 Å². The molecule has 0 saturated carbocycles. The first-order valence-corrected chi connectivity index (χ1v) is 9.61. The van der Waals surface area contributed by atoms with Crippen molar-refractivity contribution >= 4 is 23.5 Å². The number of aryl methyl sites for hydroxylation is 1. The van der Waals surface area contributed by atoms with E-state index in [4.69, 9.17) is 0 Å². The number of carbonyl (C=O) groups is 3. The fourth-order valence-electron chi connectivity index (χ4n) is 3.24. The van der Waals surface area contributed by atoms with E-state index in [0.29, 0.717) is 13.0 Å². The van der Waals surface area contributed by atoms with Crippen LogP contribution < -0.4 is 10.6 Å². The summed E-state index contributed by atoms with van der Waals surface area (Å²) >= 11 is 0. The van der Waals surface area contributed by atoms with Crippen LogP contribution in [0.1, 0.15) is 30.9 Å². The number of hydrogen-bond acceptors (Lipinski definition) is 3. The highest BCUT2D eigenvalue weighted by Crippen LogP contribution is 2.15. The first-order chi connectivity index (χ1) is 13.6. The smallest absolute Gasteiger partial charge is 0.324 e. The van der Waals surface area contributed by atoms with Gasteiger partial charge in [0.2, 0.25) is 5.91 Å². The van der Waals surface area contributed by atoms with Crippen molar-refractivity contribution in [3.05, 3.63) is 65.7 Å². The van der Waals surface area contributed by atoms with Crippen molar-refractivity contribution in [1.29, 1.82) is 0 Å². The van der Waals surface area contributed by atoms with Gasteiger partial charge in [-0.15, -0.1) is 0 Å². The van der Waals surface area contributed by atoms with Gasteiger partial charge in [0.15, 0.2) is 0 Å². The molecule has 2 N–H and O–H groups in total. The van der Waals surface area contributed by atoms with Crippen LogP contribution in [-0.4, -0.2) is 35.3 Å². The molecule has 4 amide bonds. The molecule has 6 nitrogen and oxygen atoms in total. The lowest BCUT2D eigenvalue weighted by atomic mass is 10.1. The Morgan fingerprint density at radius 2 is 1.82 bits per heavy atom. The normalized spacial score (nSPS) is 16.2. The molecule has 1 saturated heterocycles. The van der Waals surface area contributed by atoms with Gasteiger partial charge in [-0.2, -0.15) is 0 Å². The fourth-order valence-corrected chi connectivity index (χ4v) is 3.24. The number of nitrogens with zero attached hydrogens (tertiary/aromatic N) is 1. The molecule has 0 aromatic heterocycles. The van der Waals surface area contributed by atoms with Gasteiger partial charge in [0.1, 0.15) is 6.04 Å². The van der Waals surface area contributed by atoms with E-state index in [-0.39, 0.29) is 30.7 Å². The Kier molecular flexibility index (Phi) is 6.42. The molecule has 1 fully saturated rings. The van der Waals surface area contributed by atoms with E-state index in [1.807, 2.05) is 54.6 Å². The lowest BCUT2D eigenvalue weighted by molar-refractivity contribution is -0.127. The molecule has 2 aromatic rings. The zero-order chi connectivity index (χ0) is 19.9. The van der Waals surface area contributed by atoms with Crippen LogP contribution in [-0.2, 0) is 22.4 Å². The highest BCUT2D eigenvalue weighted by molar-refractivity contribution is 6.04. The van der Waals surface area contributed by atoms with Gasteiger partial charge >= 0.3 is 6.03 Å². The van der Waals surface area contributed by atoms with Crippen LogP contribution >= 0.6 is 0 Å². The average Bonchev–Trinajstić information content (AvgIpc) is 2.98. The van der Waals surface area contributed by atoms with E-state index in [0.717, 1.165) is 23.2 Å². The maximum absolute atomic E-state index is 12.5. The number of urea groups is 1. The molecule has 0 bridgehead atoms. The number of benzene rings is 2. The third-order valence-electron chi connectivity index (χ3n) is 4.85. The molecule has 2 aromatic carbocycles. The number of rotatable bonds is 8. The third-order valence-corrected chi connectivity index (χ3v) is 4.85. The summed E-state index contributed by atoms with van der Waals surface area (Å²) in [5, 5.41) is 5.53. The van der Waals surface area contributed by atoms with Crippen LogP contribution in [0.3, 0.4) is 0 Å². The van der Waals surface area contributed by atoms with E-state index >= 15 is 0 Å². The van der Waals surface area contributed by atoms with Crippen LogP contribution in [0.25, 0.3) is 0 Å². The van der Waals surface area contributed by atoms with Crippen LogP contribution in [0.15, 0.2) is 54.6 Å². The van der Waals surface area contributed by atoms with Crippen molar-refractivity contribution in [2.24, 2.45) is 0 Å². The van der Waals surface area contributed by atoms with E-state index in [2.05, 4.69) is 17.6 Å². The molecule has 0 unspecified atom stereocenters. The zero-order valence-electron chi connectivity index (χ0n) is 16.0. The lowest BCUT2D eigenvalue weighted by Crippen LogP contribution is -2.33. The molecular formula is C22H25N3O3. The van der Waals surface area contributed by atoms with Crippen molar-refractivity contribution in [2.45, 2.75) is 38.6 Å². The number of carbonyl (C=O) groups excluding carboxylic acids is 3. The van der Waals surface area contributed by atoms with Crippen molar-refractivity contribution in [1.82, 2.24) is 10.2 Å². The summed E-state index contributed by atoms with van der Waals surface area (Å²) in [6.07, 6.45) is 1.96. The standard InChI is InChI=1S/C22H25N3O3/c1-2-16-9-6-10-18(15-16)23-20(26)12-11-19-21(27)25(22(28)24-19)14-13-17-7-4-3-5-8-17/h3-10,15,19H,2,11-14H2,1H3,(H,23,26)(H,24,28)/t19-/m0/s1. The Labute approximate surface area is 164 Å². The summed E-state index contributed by atoms with van der Waals surface area (Å²) in [5.41, 5.74) is 2.96. The number of imide groups is 1. The second-order valence-corrected chi connectivity index (χ2v) is 6.87. The molecule has 0 spiro atoms. The molecule has 28 heavy (non-hydrogen) atoms. The van der Waals surface area contributed by atoms with Gasteiger partial charge in [-0.05, 0) is 42.5 Å². The zero-order valence-corrected chi connectivity index (χ0v) is 16.0. The number of anilines is 1. The minimum Gasteiger partial charge on any atom is -0.326 e. The Bertz CT molecular complexity index is 851. The Morgan fingerprint density at radius 1 is 1.07 bits per heavy atom. The molecule has 0 radical (unpaired) electrons. The Morgan fingerprint density at radius 3 is 2.57 bits per heavy atom. The van der Waals surface area contributed by atoms with Crippen molar-refractivity contribution < 1.29 is 14.4 Å². The van der Waals surface area contributed by atoms with Gasteiger partial charge in [-0.3, -0.25) is 14.5 Å². The topological polar surface area (TPSA) is 78.5 Å². The minimum atomic E-state index is -0.643. The van der Waals surface area contributed by atoms with E-state index in [1.165, 1.54) is 4.90 Å². The van der Waals surface area contributed by atoms with Crippen molar-refractivity contribution in [3.8, 4) is 0 Å². The first kappa shape index (κ1) is 19.6. The molecule has 1 heterocycles. The monoisotopic (exact) mass is 379 g/mol. The molecule has 3 rings (SSSR count). The molecule has 0 aliphatic carbocycles. The van der Waals surface area contributed by atoms with Gasteiger partial charge in [0.25, 0.3) is 5.91 Å². The maximum Gasteiger partial charge on any atom is 0.324 e. The van der Waals surface area contributed by atoms with Crippen LogP contribution in [0, 0.1) is 0 Å². The number of amides is 4. The SMILES string of the molecule is CCc1cccc(NC(=O)CC[C@@H]2NC(=O)N(CCc3ccccc3)C2=O)c1. The second kappa shape index (κ2) is 9.17. The van der Waals surface area contributed by atoms with E-state index in [9.17, 15) is 14.4 Å². The summed E-state index contributed by atoms with van der Waals surface area (Å²) < 4.78 is 0. The summed E-state index contributed by atoms with van der Waals surface area (Å²) in [5.74, 6) is -0.431. The minimum absolute atomic E-state index is 0.166. The molecule has 146 valence electrons. The number of hydrogen-bond donors (Lipinski definition) is 2. The first-order valence-electron chi connectivity index (χ1n) is 9.61. The van der Waals surface area contributed by atoms with E-state index < -0.39 is 6.04 Å². The number of nitrogens with one attached hydrogen (secondary N) is 2. The Hall–Kier alpha value is -3.15. The fraction of sp³-hybridized carbons (Fsp3) is 0.318. The lowest BCUT2D eigenvalue weighted by Gasteiger charge is -2.13. The molecular weight excluding hydrogens is 354 g/mol. The van der Waals surface area contributed by atoms with Gasteiger partial charge in [0, 0.05) is 18.7 Å². The maximum atomic E-state index is 12.5.